The molecule has 1 amide bonds. The van der Waals surface area contributed by atoms with E-state index in [0.29, 0.717) is 0 Å². The third-order valence-corrected chi connectivity index (χ3v) is 3.23. The number of carbonyl (C=O) groups excluding carboxylic acids is 1. The minimum Gasteiger partial charge on any atom is -0.444 e. The second kappa shape index (κ2) is 8.83. The number of ether oxygens (including phenoxy) is 1. The number of hydrogen-bond acceptors (Lipinski definition) is 3. The monoisotopic (exact) mass is 309 g/mol. The summed E-state index contributed by atoms with van der Waals surface area (Å²) in [6.07, 6.45) is 5.92. The van der Waals surface area contributed by atoms with Crippen LogP contribution in [0.2, 0.25) is 0 Å². The van der Waals surface area contributed by atoms with E-state index < -0.39 is 5.60 Å². The molecule has 5 nitrogen and oxygen atoms in total. The van der Waals surface area contributed by atoms with Crippen molar-refractivity contribution < 1.29 is 9.53 Å². The van der Waals surface area contributed by atoms with Crippen LogP contribution in [0.25, 0.3) is 0 Å². The first kappa shape index (κ1) is 18.6. The molecule has 0 saturated carbocycles. The van der Waals surface area contributed by atoms with Crippen molar-refractivity contribution in [2.75, 3.05) is 6.54 Å². The molecule has 0 fully saturated rings. The molecule has 2 N–H and O–H groups in total. The molecule has 0 aromatic carbocycles. The van der Waals surface area contributed by atoms with Gasteiger partial charge in [0.05, 0.1) is 0 Å². The van der Waals surface area contributed by atoms with Crippen LogP contribution in [0.3, 0.4) is 0 Å². The van der Waals surface area contributed by atoms with Gasteiger partial charge in [0.1, 0.15) is 5.60 Å². The fourth-order valence-corrected chi connectivity index (χ4v) is 2.15. The highest BCUT2D eigenvalue weighted by molar-refractivity contribution is 5.68. The molecule has 0 radical (unpaired) electrons. The van der Waals surface area contributed by atoms with Crippen LogP contribution < -0.4 is 10.6 Å². The number of aryl methyl sites for hydroxylation is 1. The highest BCUT2D eigenvalue weighted by Gasteiger charge is 2.18. The van der Waals surface area contributed by atoms with Crippen LogP contribution in [-0.4, -0.2) is 28.8 Å². The molecule has 22 heavy (non-hydrogen) atoms. The quantitative estimate of drug-likeness (QED) is 0.775. The van der Waals surface area contributed by atoms with Crippen LogP contribution in [0.15, 0.2) is 18.5 Å². The zero-order valence-corrected chi connectivity index (χ0v) is 14.6. The first-order valence-corrected chi connectivity index (χ1v) is 8.19. The molecule has 1 rings (SSSR count). The minimum atomic E-state index is -0.460. The molecule has 1 atom stereocenters. The predicted molar refractivity (Wildman–Crippen MR) is 89.9 cm³/mol. The van der Waals surface area contributed by atoms with E-state index in [1.54, 1.807) is 0 Å². The smallest absolute Gasteiger partial charge is 0.407 e. The van der Waals surface area contributed by atoms with Gasteiger partial charge in [-0.25, -0.2) is 4.79 Å². The van der Waals surface area contributed by atoms with Crippen LogP contribution in [-0.2, 0) is 17.8 Å². The van der Waals surface area contributed by atoms with Gasteiger partial charge in [-0.15, -0.1) is 0 Å². The number of amides is 1. The summed E-state index contributed by atoms with van der Waals surface area (Å²) in [5, 5.41) is 6.30. The summed E-state index contributed by atoms with van der Waals surface area (Å²) >= 11 is 0. The lowest BCUT2D eigenvalue weighted by Crippen LogP contribution is -2.43. The molecule has 1 aromatic rings. The summed E-state index contributed by atoms with van der Waals surface area (Å²) < 4.78 is 7.49. The fraction of sp³-hybridized carbons (Fsp3) is 0.706. The normalized spacial score (nSPS) is 13.0. The highest BCUT2D eigenvalue weighted by atomic mass is 16.6. The van der Waals surface area contributed by atoms with Crippen molar-refractivity contribution in [1.29, 1.82) is 0 Å². The van der Waals surface area contributed by atoms with Gasteiger partial charge in [-0.2, -0.15) is 0 Å². The van der Waals surface area contributed by atoms with Crippen molar-refractivity contribution in [2.24, 2.45) is 0 Å². The Kier molecular flexibility index (Phi) is 7.45. The zero-order valence-electron chi connectivity index (χ0n) is 14.6. The SMILES string of the molecule is CCCn1ccc(CNCC(CC)NC(=O)OC(C)(C)C)c1. The zero-order chi connectivity index (χ0) is 16.6. The van der Waals surface area contributed by atoms with Crippen molar-refractivity contribution >= 4 is 6.09 Å². The molecule has 0 bridgehead atoms. The van der Waals surface area contributed by atoms with Crippen molar-refractivity contribution in [3.63, 3.8) is 0 Å². The molecule has 0 aliphatic heterocycles. The number of nitrogens with zero attached hydrogens (tertiary/aromatic N) is 1. The summed E-state index contributed by atoms with van der Waals surface area (Å²) in [4.78, 5) is 11.8. The Balaban J connectivity index is 2.32. The summed E-state index contributed by atoms with van der Waals surface area (Å²) in [5.41, 5.74) is 0.804. The minimum absolute atomic E-state index is 0.0765. The number of hydrogen-bond donors (Lipinski definition) is 2. The van der Waals surface area contributed by atoms with E-state index in [2.05, 4.69) is 47.5 Å². The van der Waals surface area contributed by atoms with Crippen LogP contribution in [0.5, 0.6) is 0 Å². The van der Waals surface area contributed by atoms with Crippen LogP contribution in [0.4, 0.5) is 4.79 Å². The molecule has 1 aromatic heterocycles. The largest absolute Gasteiger partial charge is 0.444 e. The van der Waals surface area contributed by atoms with Gasteiger partial charge in [0.25, 0.3) is 0 Å². The van der Waals surface area contributed by atoms with Gasteiger partial charge in [0.2, 0.25) is 0 Å². The summed E-state index contributed by atoms with van der Waals surface area (Å²) in [6, 6.07) is 2.21. The number of nitrogens with one attached hydrogen (secondary N) is 2. The van der Waals surface area contributed by atoms with E-state index in [1.165, 1.54) is 5.56 Å². The predicted octanol–water partition coefficient (Wildman–Crippen LogP) is 3.29. The molecule has 0 spiro atoms. The molecular formula is C17H31N3O2. The van der Waals surface area contributed by atoms with E-state index >= 15 is 0 Å². The molecule has 0 aliphatic rings. The number of rotatable bonds is 8. The molecule has 5 heteroatoms. The average Bonchev–Trinajstić information content (AvgIpc) is 2.83. The molecule has 1 unspecified atom stereocenters. The summed E-state index contributed by atoms with van der Waals surface area (Å²) in [5.74, 6) is 0. The lowest BCUT2D eigenvalue weighted by Gasteiger charge is -2.23. The van der Waals surface area contributed by atoms with Gasteiger partial charge in [0.15, 0.2) is 0 Å². The number of alkyl carbamates (subject to hydrolysis) is 1. The maximum atomic E-state index is 11.8. The third-order valence-electron chi connectivity index (χ3n) is 3.23. The molecular weight excluding hydrogens is 278 g/mol. The second-order valence-corrected chi connectivity index (χ2v) is 6.64. The van der Waals surface area contributed by atoms with Gasteiger partial charge in [0, 0.05) is 38.1 Å². The molecule has 0 aliphatic carbocycles. The Morgan fingerprint density at radius 2 is 2.09 bits per heavy atom. The Morgan fingerprint density at radius 3 is 2.68 bits per heavy atom. The van der Waals surface area contributed by atoms with Gasteiger partial charge < -0.3 is 19.9 Å². The van der Waals surface area contributed by atoms with E-state index in [4.69, 9.17) is 4.74 Å². The fourth-order valence-electron chi connectivity index (χ4n) is 2.15. The van der Waals surface area contributed by atoms with Crippen molar-refractivity contribution in [1.82, 2.24) is 15.2 Å². The van der Waals surface area contributed by atoms with Gasteiger partial charge >= 0.3 is 6.09 Å². The topological polar surface area (TPSA) is 55.3 Å². The second-order valence-electron chi connectivity index (χ2n) is 6.64. The lowest BCUT2D eigenvalue weighted by atomic mass is 10.2. The molecule has 0 saturated heterocycles. The number of aromatic nitrogens is 1. The Morgan fingerprint density at radius 1 is 1.36 bits per heavy atom. The van der Waals surface area contributed by atoms with Crippen molar-refractivity contribution in [3.8, 4) is 0 Å². The Bertz CT molecular complexity index is 449. The first-order valence-electron chi connectivity index (χ1n) is 8.19. The summed E-state index contributed by atoms with van der Waals surface area (Å²) in [7, 11) is 0. The van der Waals surface area contributed by atoms with Crippen molar-refractivity contribution in [2.45, 2.75) is 72.2 Å². The average molecular weight is 309 g/mol. The van der Waals surface area contributed by atoms with E-state index in [1.807, 2.05) is 20.8 Å². The lowest BCUT2D eigenvalue weighted by molar-refractivity contribution is 0.0502. The standard InChI is InChI=1S/C17H31N3O2/c1-6-9-20-10-8-14(13-20)11-18-12-15(7-2)19-16(21)22-17(3,4)5/h8,10,13,15,18H,6-7,9,11-12H2,1-5H3,(H,19,21). The van der Waals surface area contributed by atoms with Crippen LogP contribution >= 0.6 is 0 Å². The van der Waals surface area contributed by atoms with Crippen molar-refractivity contribution in [3.05, 3.63) is 24.0 Å². The Hall–Kier alpha value is -1.49. The molecule has 126 valence electrons. The van der Waals surface area contributed by atoms with E-state index in [-0.39, 0.29) is 12.1 Å². The first-order chi connectivity index (χ1) is 10.3. The molecule has 1 heterocycles. The van der Waals surface area contributed by atoms with E-state index in [9.17, 15) is 4.79 Å². The van der Waals surface area contributed by atoms with Gasteiger partial charge in [-0.05, 0) is 45.2 Å². The van der Waals surface area contributed by atoms with Gasteiger partial charge in [-0.3, -0.25) is 0 Å². The Labute approximate surface area is 134 Å². The highest BCUT2D eigenvalue weighted by Crippen LogP contribution is 2.07. The number of carbonyl (C=O) groups is 1. The summed E-state index contributed by atoms with van der Waals surface area (Å²) in [6.45, 7) is 12.4. The maximum absolute atomic E-state index is 11.8. The van der Waals surface area contributed by atoms with Crippen LogP contribution in [0, 0.1) is 0 Å². The maximum Gasteiger partial charge on any atom is 0.407 e. The van der Waals surface area contributed by atoms with Crippen LogP contribution in [0.1, 0.15) is 53.0 Å². The van der Waals surface area contributed by atoms with Gasteiger partial charge in [-0.1, -0.05) is 13.8 Å². The third kappa shape index (κ3) is 7.50. The van der Waals surface area contributed by atoms with E-state index in [0.717, 1.165) is 32.5 Å².